The first-order valence-corrected chi connectivity index (χ1v) is 5.62. The molecule has 0 aliphatic rings. The van der Waals surface area contributed by atoms with Crippen LogP contribution in [0.3, 0.4) is 0 Å². The van der Waals surface area contributed by atoms with Gasteiger partial charge < -0.3 is 18.9 Å². The lowest BCUT2D eigenvalue weighted by atomic mass is 10.4. The minimum atomic E-state index is -0.887. The van der Waals surface area contributed by atoms with E-state index < -0.39 is 43.5 Å². The molecule has 0 unspecified atom stereocenters. The van der Waals surface area contributed by atoms with Gasteiger partial charge >= 0.3 is 23.9 Å². The molecule has 0 fully saturated rings. The Labute approximate surface area is 109 Å². The summed E-state index contributed by atoms with van der Waals surface area (Å²) >= 11 is 0. The van der Waals surface area contributed by atoms with Crippen LogP contribution >= 0.6 is 0 Å². The zero-order valence-corrected chi connectivity index (χ0v) is 10.8. The van der Waals surface area contributed by atoms with Gasteiger partial charge in [0.05, 0.1) is 13.2 Å². The molecule has 0 amide bonds. The van der Waals surface area contributed by atoms with Crippen molar-refractivity contribution in [1.29, 1.82) is 0 Å². The number of carbonyl (C=O) groups is 4. The van der Waals surface area contributed by atoms with Crippen LogP contribution in [0.4, 0.5) is 0 Å². The molecule has 0 aliphatic heterocycles. The molecule has 0 atom stereocenters. The molecule has 108 valence electrons. The van der Waals surface area contributed by atoms with E-state index in [0.717, 1.165) is 0 Å². The summed E-state index contributed by atoms with van der Waals surface area (Å²) in [5.74, 6) is -3.24. The first-order valence-electron chi connectivity index (χ1n) is 5.62. The molecule has 0 radical (unpaired) electrons. The Morgan fingerprint density at radius 1 is 0.632 bits per heavy atom. The summed E-state index contributed by atoms with van der Waals surface area (Å²) in [6.07, 6.45) is -1.13. The Bertz CT molecular complexity index is 304. The highest BCUT2D eigenvalue weighted by Crippen LogP contribution is 1.94. The molecule has 0 spiro atoms. The van der Waals surface area contributed by atoms with E-state index in [4.69, 9.17) is 0 Å². The SMILES string of the molecule is CCOC(=O)CC(=O)OCOC(=O)CC(=O)OCC. The maximum absolute atomic E-state index is 11.0. The molecular formula is C11H16O8. The van der Waals surface area contributed by atoms with E-state index >= 15 is 0 Å². The topological polar surface area (TPSA) is 105 Å². The average molecular weight is 276 g/mol. The Hall–Kier alpha value is -2.12. The van der Waals surface area contributed by atoms with Gasteiger partial charge in [0, 0.05) is 0 Å². The number of hydrogen-bond donors (Lipinski definition) is 0. The molecule has 0 saturated heterocycles. The second kappa shape index (κ2) is 9.86. The Morgan fingerprint density at radius 2 is 0.947 bits per heavy atom. The summed E-state index contributed by atoms with van der Waals surface area (Å²) in [4.78, 5) is 43.8. The summed E-state index contributed by atoms with van der Waals surface area (Å²) in [5, 5.41) is 0. The monoisotopic (exact) mass is 276 g/mol. The van der Waals surface area contributed by atoms with Crippen LogP contribution in [0.1, 0.15) is 26.7 Å². The van der Waals surface area contributed by atoms with Crippen molar-refractivity contribution in [3.05, 3.63) is 0 Å². The molecule has 0 bridgehead atoms. The lowest BCUT2D eigenvalue weighted by molar-refractivity contribution is -0.170. The molecule has 0 saturated carbocycles. The standard InChI is InChI=1S/C11H16O8/c1-3-16-8(12)5-10(14)18-7-19-11(15)6-9(13)17-4-2/h3-7H2,1-2H3. The highest BCUT2D eigenvalue weighted by atomic mass is 16.7. The minimum absolute atomic E-state index is 0.153. The van der Waals surface area contributed by atoms with Gasteiger partial charge in [0.25, 0.3) is 0 Å². The fourth-order valence-electron chi connectivity index (χ4n) is 0.923. The highest BCUT2D eigenvalue weighted by molar-refractivity contribution is 5.92. The van der Waals surface area contributed by atoms with Crippen molar-refractivity contribution in [2.75, 3.05) is 20.0 Å². The first kappa shape index (κ1) is 16.9. The third-order valence-corrected chi connectivity index (χ3v) is 1.63. The molecule has 0 aromatic rings. The maximum atomic E-state index is 11.0. The molecule has 8 heteroatoms. The number of hydrogen-bond acceptors (Lipinski definition) is 8. The van der Waals surface area contributed by atoms with Crippen LogP contribution in [0.25, 0.3) is 0 Å². The molecule has 0 aliphatic carbocycles. The third-order valence-electron chi connectivity index (χ3n) is 1.63. The molecule has 8 nitrogen and oxygen atoms in total. The Balaban J connectivity index is 3.72. The third kappa shape index (κ3) is 9.57. The number of carbonyl (C=O) groups excluding carboxylic acids is 4. The number of esters is 4. The van der Waals surface area contributed by atoms with E-state index in [2.05, 4.69) is 18.9 Å². The molecule has 19 heavy (non-hydrogen) atoms. The van der Waals surface area contributed by atoms with E-state index in [0.29, 0.717) is 0 Å². The van der Waals surface area contributed by atoms with E-state index in [1.807, 2.05) is 0 Å². The lowest BCUT2D eigenvalue weighted by Gasteiger charge is -2.06. The molecule has 0 rings (SSSR count). The van der Waals surface area contributed by atoms with Crippen LogP contribution < -0.4 is 0 Å². The maximum Gasteiger partial charge on any atom is 0.320 e. The molecular weight excluding hydrogens is 260 g/mol. The van der Waals surface area contributed by atoms with Gasteiger partial charge in [-0.05, 0) is 13.8 Å². The normalized spacial score (nSPS) is 9.37. The largest absolute Gasteiger partial charge is 0.466 e. The Kier molecular flexibility index (Phi) is 8.76. The number of ether oxygens (including phenoxy) is 4. The zero-order chi connectivity index (χ0) is 14.7. The molecule has 0 aromatic carbocycles. The fraction of sp³-hybridized carbons (Fsp3) is 0.636. The second-order valence-corrected chi connectivity index (χ2v) is 3.11. The number of rotatable bonds is 8. The zero-order valence-electron chi connectivity index (χ0n) is 10.8. The van der Waals surface area contributed by atoms with Gasteiger partial charge in [0.1, 0.15) is 12.8 Å². The first-order chi connectivity index (χ1) is 8.99. The van der Waals surface area contributed by atoms with E-state index in [9.17, 15) is 19.2 Å². The van der Waals surface area contributed by atoms with Gasteiger partial charge in [-0.25, -0.2) is 0 Å². The molecule has 0 aromatic heterocycles. The molecule has 0 heterocycles. The van der Waals surface area contributed by atoms with Gasteiger partial charge in [0.2, 0.25) is 6.79 Å². The summed E-state index contributed by atoms with van der Waals surface area (Å²) in [5.41, 5.74) is 0. The van der Waals surface area contributed by atoms with Crippen LogP contribution in [0.15, 0.2) is 0 Å². The van der Waals surface area contributed by atoms with Crippen molar-refractivity contribution in [1.82, 2.24) is 0 Å². The van der Waals surface area contributed by atoms with Gasteiger partial charge in [-0.3, -0.25) is 19.2 Å². The van der Waals surface area contributed by atoms with E-state index in [1.165, 1.54) is 0 Å². The van der Waals surface area contributed by atoms with Gasteiger partial charge in [-0.15, -0.1) is 0 Å². The fourth-order valence-corrected chi connectivity index (χ4v) is 0.923. The molecule has 0 N–H and O–H groups in total. The summed E-state index contributed by atoms with van der Waals surface area (Å²) < 4.78 is 17.9. The average Bonchev–Trinajstić information content (AvgIpc) is 2.28. The predicted molar refractivity (Wildman–Crippen MR) is 59.6 cm³/mol. The summed E-state index contributed by atoms with van der Waals surface area (Å²) in [6, 6.07) is 0. The second-order valence-electron chi connectivity index (χ2n) is 3.11. The van der Waals surface area contributed by atoms with Crippen LogP contribution in [0.2, 0.25) is 0 Å². The van der Waals surface area contributed by atoms with Crippen molar-refractivity contribution in [2.45, 2.75) is 26.7 Å². The lowest BCUT2D eigenvalue weighted by Crippen LogP contribution is -2.19. The summed E-state index contributed by atoms with van der Waals surface area (Å²) in [6.45, 7) is 2.83. The van der Waals surface area contributed by atoms with Crippen LogP contribution in [0, 0.1) is 0 Å². The predicted octanol–water partition coefficient (Wildman–Crippen LogP) is -0.0633. The van der Waals surface area contributed by atoms with Crippen molar-refractivity contribution in [2.24, 2.45) is 0 Å². The van der Waals surface area contributed by atoms with Gasteiger partial charge in [0.15, 0.2) is 0 Å². The van der Waals surface area contributed by atoms with Crippen molar-refractivity contribution in [3.63, 3.8) is 0 Å². The van der Waals surface area contributed by atoms with Gasteiger partial charge in [-0.1, -0.05) is 0 Å². The van der Waals surface area contributed by atoms with Gasteiger partial charge in [-0.2, -0.15) is 0 Å². The van der Waals surface area contributed by atoms with Crippen LogP contribution in [-0.4, -0.2) is 43.9 Å². The van der Waals surface area contributed by atoms with E-state index in [-0.39, 0.29) is 13.2 Å². The highest BCUT2D eigenvalue weighted by Gasteiger charge is 2.14. The van der Waals surface area contributed by atoms with Crippen LogP contribution in [-0.2, 0) is 38.1 Å². The smallest absolute Gasteiger partial charge is 0.320 e. The van der Waals surface area contributed by atoms with E-state index in [1.54, 1.807) is 13.8 Å². The summed E-state index contributed by atoms with van der Waals surface area (Å²) in [7, 11) is 0. The van der Waals surface area contributed by atoms with Crippen molar-refractivity contribution in [3.8, 4) is 0 Å². The minimum Gasteiger partial charge on any atom is -0.466 e. The van der Waals surface area contributed by atoms with Crippen molar-refractivity contribution < 1.29 is 38.1 Å². The van der Waals surface area contributed by atoms with Crippen molar-refractivity contribution >= 4 is 23.9 Å². The quantitative estimate of drug-likeness (QED) is 0.263. The van der Waals surface area contributed by atoms with Crippen LogP contribution in [0.5, 0.6) is 0 Å². The Morgan fingerprint density at radius 3 is 1.26 bits per heavy atom.